The van der Waals surface area contributed by atoms with E-state index in [9.17, 15) is 0 Å². The molecule has 2 rings (SSSR count). The summed E-state index contributed by atoms with van der Waals surface area (Å²) in [6.07, 6.45) is 3.58. The van der Waals surface area contributed by atoms with E-state index in [1.54, 1.807) is 13.3 Å². The summed E-state index contributed by atoms with van der Waals surface area (Å²) in [6.45, 7) is 2.54. The van der Waals surface area contributed by atoms with Crippen molar-refractivity contribution in [2.75, 3.05) is 7.11 Å². The molecule has 1 atom stereocenters. The molecule has 2 N–H and O–H groups in total. The van der Waals surface area contributed by atoms with E-state index >= 15 is 0 Å². The van der Waals surface area contributed by atoms with E-state index in [-0.39, 0.29) is 6.04 Å². The van der Waals surface area contributed by atoms with E-state index in [4.69, 9.17) is 15.2 Å². The summed E-state index contributed by atoms with van der Waals surface area (Å²) >= 11 is 0. The van der Waals surface area contributed by atoms with Gasteiger partial charge in [-0.3, -0.25) is 0 Å². The highest BCUT2D eigenvalue weighted by Crippen LogP contribution is 2.19. The maximum atomic E-state index is 5.96. The van der Waals surface area contributed by atoms with E-state index < -0.39 is 0 Å². The normalized spacial score (nSPS) is 12.0. The Morgan fingerprint density at radius 1 is 1.19 bits per heavy atom. The molecule has 4 heteroatoms. The van der Waals surface area contributed by atoms with Crippen molar-refractivity contribution in [3.05, 3.63) is 53.7 Å². The summed E-state index contributed by atoms with van der Waals surface area (Å²) in [5.41, 5.74) is 8.12. The van der Waals surface area contributed by atoms with Gasteiger partial charge in [-0.25, -0.2) is 4.98 Å². The summed E-state index contributed by atoms with van der Waals surface area (Å²) in [5.74, 6) is 1.43. The molecule has 112 valence electrons. The monoisotopic (exact) mass is 286 g/mol. The number of nitrogens with two attached hydrogens (primary N) is 1. The van der Waals surface area contributed by atoms with Crippen LogP contribution >= 0.6 is 0 Å². The van der Waals surface area contributed by atoms with Crippen LogP contribution in [0.4, 0.5) is 0 Å². The molecule has 4 nitrogen and oxygen atoms in total. The molecular formula is C17H22N2O2. The molecule has 0 radical (unpaired) electrons. The smallest absolute Gasteiger partial charge is 0.219 e. The minimum Gasteiger partial charge on any atom is -0.489 e. The lowest BCUT2D eigenvalue weighted by molar-refractivity contribution is 0.294. The zero-order chi connectivity index (χ0) is 15.1. The van der Waals surface area contributed by atoms with Gasteiger partial charge in [-0.1, -0.05) is 19.1 Å². The molecule has 1 aromatic carbocycles. The van der Waals surface area contributed by atoms with Gasteiger partial charge in [0.2, 0.25) is 5.88 Å². The highest BCUT2D eigenvalue weighted by molar-refractivity contribution is 5.29. The molecule has 0 aliphatic carbocycles. The van der Waals surface area contributed by atoms with Crippen molar-refractivity contribution < 1.29 is 9.47 Å². The first kappa shape index (κ1) is 15.3. The van der Waals surface area contributed by atoms with Gasteiger partial charge in [0, 0.05) is 12.2 Å². The molecule has 1 unspecified atom stereocenters. The van der Waals surface area contributed by atoms with Gasteiger partial charge in [-0.05, 0) is 42.7 Å². The Bertz CT molecular complexity index is 555. The zero-order valence-electron chi connectivity index (χ0n) is 12.6. The number of hydrogen-bond acceptors (Lipinski definition) is 4. The van der Waals surface area contributed by atoms with Gasteiger partial charge in [-0.2, -0.15) is 0 Å². The Morgan fingerprint density at radius 3 is 2.62 bits per heavy atom. The SMILES string of the molecule is CCC(N)Cc1ccc(OCc2cccnc2OC)cc1. The van der Waals surface area contributed by atoms with Crippen molar-refractivity contribution >= 4 is 0 Å². The lowest BCUT2D eigenvalue weighted by atomic mass is 10.0. The van der Waals surface area contributed by atoms with Gasteiger partial charge in [0.25, 0.3) is 0 Å². The zero-order valence-corrected chi connectivity index (χ0v) is 12.6. The molecule has 0 amide bonds. The number of ether oxygens (including phenoxy) is 2. The first-order valence-electron chi connectivity index (χ1n) is 7.18. The summed E-state index contributed by atoms with van der Waals surface area (Å²) < 4.78 is 11.0. The molecular weight excluding hydrogens is 264 g/mol. The molecule has 0 fully saturated rings. The van der Waals surface area contributed by atoms with Crippen molar-refractivity contribution in [3.8, 4) is 11.6 Å². The third-order valence-electron chi connectivity index (χ3n) is 3.38. The fourth-order valence-electron chi connectivity index (χ4n) is 2.05. The number of aromatic nitrogens is 1. The highest BCUT2D eigenvalue weighted by Gasteiger charge is 2.05. The first-order valence-corrected chi connectivity index (χ1v) is 7.18. The molecule has 0 spiro atoms. The van der Waals surface area contributed by atoms with Crippen LogP contribution in [0, 0.1) is 0 Å². The molecule has 0 saturated heterocycles. The van der Waals surface area contributed by atoms with E-state index in [2.05, 4.69) is 24.0 Å². The summed E-state index contributed by atoms with van der Waals surface area (Å²) in [4.78, 5) is 4.15. The summed E-state index contributed by atoms with van der Waals surface area (Å²) in [7, 11) is 1.61. The molecule has 21 heavy (non-hydrogen) atoms. The molecule has 0 aliphatic rings. The van der Waals surface area contributed by atoms with E-state index in [0.29, 0.717) is 12.5 Å². The second kappa shape index (κ2) is 7.64. The molecule has 0 saturated carbocycles. The largest absolute Gasteiger partial charge is 0.489 e. The maximum Gasteiger partial charge on any atom is 0.219 e. The Balaban J connectivity index is 1.94. The molecule has 1 aromatic heterocycles. The Kier molecular flexibility index (Phi) is 5.58. The molecule has 0 aliphatic heterocycles. The number of benzene rings is 1. The second-order valence-electron chi connectivity index (χ2n) is 4.98. The number of rotatable bonds is 7. The fourth-order valence-corrected chi connectivity index (χ4v) is 2.05. The standard InChI is InChI=1S/C17H22N2O2/c1-3-15(18)11-13-6-8-16(9-7-13)21-12-14-5-4-10-19-17(14)20-2/h4-10,15H,3,11-12,18H2,1-2H3. The Hall–Kier alpha value is -2.07. The maximum absolute atomic E-state index is 5.96. The number of methoxy groups -OCH3 is 1. The van der Waals surface area contributed by atoms with Gasteiger partial charge < -0.3 is 15.2 Å². The van der Waals surface area contributed by atoms with Crippen LogP contribution in [0.15, 0.2) is 42.6 Å². The van der Waals surface area contributed by atoms with Crippen LogP contribution < -0.4 is 15.2 Å². The van der Waals surface area contributed by atoms with Gasteiger partial charge >= 0.3 is 0 Å². The lowest BCUT2D eigenvalue weighted by Crippen LogP contribution is -2.21. The van der Waals surface area contributed by atoms with Crippen LogP contribution in [0.5, 0.6) is 11.6 Å². The van der Waals surface area contributed by atoms with Gasteiger partial charge in [-0.15, -0.1) is 0 Å². The first-order chi connectivity index (χ1) is 10.2. The fraction of sp³-hybridized carbons (Fsp3) is 0.353. The van der Waals surface area contributed by atoms with Crippen molar-refractivity contribution in [3.63, 3.8) is 0 Å². The quantitative estimate of drug-likeness (QED) is 0.850. The molecule has 1 heterocycles. The highest BCUT2D eigenvalue weighted by atomic mass is 16.5. The van der Waals surface area contributed by atoms with Crippen LogP contribution in [-0.2, 0) is 13.0 Å². The van der Waals surface area contributed by atoms with Crippen molar-refractivity contribution in [2.24, 2.45) is 5.73 Å². The third-order valence-corrected chi connectivity index (χ3v) is 3.38. The average Bonchev–Trinajstić information content (AvgIpc) is 2.54. The molecule has 2 aromatic rings. The minimum absolute atomic E-state index is 0.219. The van der Waals surface area contributed by atoms with Crippen molar-refractivity contribution in [1.82, 2.24) is 4.98 Å². The van der Waals surface area contributed by atoms with Crippen LogP contribution in [0.25, 0.3) is 0 Å². The minimum atomic E-state index is 0.219. The molecule has 0 bridgehead atoms. The second-order valence-corrected chi connectivity index (χ2v) is 4.98. The van der Waals surface area contributed by atoms with Crippen molar-refractivity contribution in [2.45, 2.75) is 32.4 Å². The van der Waals surface area contributed by atoms with Gasteiger partial charge in [0.1, 0.15) is 12.4 Å². The average molecular weight is 286 g/mol. The predicted molar refractivity (Wildman–Crippen MR) is 83.5 cm³/mol. The van der Waals surface area contributed by atoms with Crippen LogP contribution in [0.3, 0.4) is 0 Å². The lowest BCUT2D eigenvalue weighted by Gasteiger charge is -2.11. The number of pyridine rings is 1. The number of hydrogen-bond donors (Lipinski definition) is 1. The summed E-state index contributed by atoms with van der Waals surface area (Å²) in [5, 5.41) is 0. The number of nitrogens with zero attached hydrogens (tertiary/aromatic N) is 1. The Labute approximate surface area is 125 Å². The van der Waals surface area contributed by atoms with E-state index in [0.717, 1.165) is 24.2 Å². The Morgan fingerprint density at radius 2 is 1.95 bits per heavy atom. The topological polar surface area (TPSA) is 57.4 Å². The van der Waals surface area contributed by atoms with E-state index in [1.807, 2.05) is 24.3 Å². The van der Waals surface area contributed by atoms with Crippen molar-refractivity contribution in [1.29, 1.82) is 0 Å². The third kappa shape index (κ3) is 4.46. The van der Waals surface area contributed by atoms with Crippen LogP contribution in [-0.4, -0.2) is 18.1 Å². The van der Waals surface area contributed by atoms with Crippen LogP contribution in [0.1, 0.15) is 24.5 Å². The van der Waals surface area contributed by atoms with E-state index in [1.165, 1.54) is 5.56 Å². The summed E-state index contributed by atoms with van der Waals surface area (Å²) in [6, 6.07) is 12.1. The van der Waals surface area contributed by atoms with Gasteiger partial charge in [0.05, 0.1) is 12.7 Å². The predicted octanol–water partition coefficient (Wildman–Crippen LogP) is 2.95. The van der Waals surface area contributed by atoms with Crippen LogP contribution in [0.2, 0.25) is 0 Å². The van der Waals surface area contributed by atoms with Gasteiger partial charge in [0.15, 0.2) is 0 Å².